The van der Waals surface area contributed by atoms with Gasteiger partial charge in [-0.15, -0.1) is 0 Å². The SMILES string of the molecule is CC.CC.Cc1cc(=O)n(C(CCC(C)C)C(=O)O)cc1CCN(C)C. The molecule has 0 aliphatic heterocycles. The van der Waals surface area contributed by atoms with Crippen molar-refractivity contribution in [3.8, 4) is 0 Å². The molecule has 0 spiro atoms. The Morgan fingerprint density at radius 1 is 1.15 bits per heavy atom. The van der Waals surface area contributed by atoms with Gasteiger partial charge in [0.15, 0.2) is 0 Å². The Bertz CT molecular complexity index is 563. The van der Waals surface area contributed by atoms with E-state index in [0.717, 1.165) is 30.5 Å². The van der Waals surface area contributed by atoms with Crippen molar-refractivity contribution in [1.29, 1.82) is 0 Å². The van der Waals surface area contributed by atoms with Crippen molar-refractivity contribution in [2.24, 2.45) is 5.92 Å². The number of hydrogen-bond donors (Lipinski definition) is 1. The molecule has 1 unspecified atom stereocenters. The first-order valence-electron chi connectivity index (χ1n) is 9.81. The third kappa shape index (κ3) is 9.76. The van der Waals surface area contributed by atoms with Gasteiger partial charge in [-0.2, -0.15) is 0 Å². The zero-order chi connectivity index (χ0) is 20.9. The van der Waals surface area contributed by atoms with Gasteiger partial charge in [-0.1, -0.05) is 41.5 Å². The molecule has 1 heterocycles. The standard InChI is InChI=1S/C17H28N2O3.2C2H6/c1-12(2)6-7-15(17(21)22)19-11-14(8-9-18(4)5)13(3)10-16(19)20;2*1-2/h10-12,15H,6-9H2,1-5H3,(H,21,22);2*1-2H3. The van der Waals surface area contributed by atoms with Gasteiger partial charge in [-0.05, 0) is 57.3 Å². The van der Waals surface area contributed by atoms with Crippen LogP contribution >= 0.6 is 0 Å². The van der Waals surface area contributed by atoms with E-state index in [2.05, 4.69) is 18.7 Å². The lowest BCUT2D eigenvalue weighted by Gasteiger charge is -2.19. The molecule has 1 aromatic heterocycles. The average molecular weight is 369 g/mol. The van der Waals surface area contributed by atoms with E-state index in [4.69, 9.17) is 0 Å². The van der Waals surface area contributed by atoms with Crippen molar-refractivity contribution >= 4 is 5.97 Å². The summed E-state index contributed by atoms with van der Waals surface area (Å²) in [5, 5.41) is 9.47. The molecular formula is C21H40N2O3. The lowest BCUT2D eigenvalue weighted by molar-refractivity contribution is -0.141. The van der Waals surface area contributed by atoms with Gasteiger partial charge in [0.25, 0.3) is 5.56 Å². The number of carbonyl (C=O) groups is 1. The summed E-state index contributed by atoms with van der Waals surface area (Å²) < 4.78 is 1.39. The van der Waals surface area contributed by atoms with Crippen LogP contribution in [0.3, 0.4) is 0 Å². The number of aromatic nitrogens is 1. The Kier molecular flexibility index (Phi) is 14.9. The minimum atomic E-state index is -0.940. The third-order valence-corrected chi connectivity index (χ3v) is 3.86. The van der Waals surface area contributed by atoms with Crippen LogP contribution in [-0.4, -0.2) is 41.2 Å². The molecule has 0 aliphatic rings. The number of carboxylic acids is 1. The zero-order valence-electron chi connectivity index (χ0n) is 18.3. The van der Waals surface area contributed by atoms with Crippen LogP contribution in [0.25, 0.3) is 0 Å². The van der Waals surface area contributed by atoms with E-state index < -0.39 is 12.0 Å². The van der Waals surface area contributed by atoms with Crippen LogP contribution in [0.4, 0.5) is 0 Å². The number of likely N-dealkylation sites (N-methyl/N-ethyl adjacent to an activating group) is 1. The van der Waals surface area contributed by atoms with Crippen molar-refractivity contribution in [2.75, 3.05) is 20.6 Å². The Hall–Kier alpha value is -1.62. The van der Waals surface area contributed by atoms with Crippen LogP contribution in [0, 0.1) is 12.8 Å². The summed E-state index contributed by atoms with van der Waals surface area (Å²) in [6.07, 6.45) is 3.79. The van der Waals surface area contributed by atoms with E-state index >= 15 is 0 Å². The summed E-state index contributed by atoms with van der Waals surface area (Å²) in [4.78, 5) is 25.8. The summed E-state index contributed by atoms with van der Waals surface area (Å²) in [6, 6.07) is 0.768. The third-order valence-electron chi connectivity index (χ3n) is 3.86. The fourth-order valence-electron chi connectivity index (χ4n) is 2.41. The number of pyridine rings is 1. The van der Waals surface area contributed by atoms with Gasteiger partial charge in [0.1, 0.15) is 6.04 Å². The zero-order valence-corrected chi connectivity index (χ0v) is 18.3. The Labute approximate surface area is 160 Å². The van der Waals surface area contributed by atoms with Crippen molar-refractivity contribution in [2.45, 2.75) is 73.8 Å². The molecule has 0 fully saturated rings. The highest BCUT2D eigenvalue weighted by molar-refractivity contribution is 5.71. The van der Waals surface area contributed by atoms with Crippen molar-refractivity contribution in [3.05, 3.63) is 33.7 Å². The molecule has 0 radical (unpaired) electrons. The first-order chi connectivity index (χ1) is 12.2. The largest absolute Gasteiger partial charge is 0.480 e. The summed E-state index contributed by atoms with van der Waals surface area (Å²) in [7, 11) is 3.99. The molecule has 5 heteroatoms. The fourth-order valence-corrected chi connectivity index (χ4v) is 2.41. The Balaban J connectivity index is 0. The van der Waals surface area contributed by atoms with E-state index in [1.165, 1.54) is 4.57 Å². The Morgan fingerprint density at radius 2 is 1.69 bits per heavy atom. The maximum atomic E-state index is 12.2. The average Bonchev–Trinajstić information content (AvgIpc) is 2.58. The van der Waals surface area contributed by atoms with E-state index in [0.29, 0.717) is 12.3 Å². The molecule has 5 nitrogen and oxygen atoms in total. The molecule has 1 rings (SSSR count). The van der Waals surface area contributed by atoms with Crippen LogP contribution in [-0.2, 0) is 11.2 Å². The number of aryl methyl sites for hydroxylation is 1. The van der Waals surface area contributed by atoms with Crippen molar-refractivity contribution in [1.82, 2.24) is 9.47 Å². The molecule has 1 N–H and O–H groups in total. The minimum Gasteiger partial charge on any atom is -0.480 e. The lowest BCUT2D eigenvalue weighted by atomic mass is 10.0. The smallest absolute Gasteiger partial charge is 0.326 e. The number of nitrogens with zero attached hydrogens (tertiary/aromatic N) is 2. The van der Waals surface area contributed by atoms with Crippen LogP contribution in [0.15, 0.2) is 17.1 Å². The predicted molar refractivity (Wildman–Crippen MR) is 111 cm³/mol. The van der Waals surface area contributed by atoms with E-state index in [-0.39, 0.29) is 5.56 Å². The fraction of sp³-hybridized carbons (Fsp3) is 0.714. The molecule has 0 aromatic carbocycles. The number of rotatable bonds is 8. The lowest BCUT2D eigenvalue weighted by Crippen LogP contribution is -2.30. The van der Waals surface area contributed by atoms with Crippen LogP contribution in [0.2, 0.25) is 0 Å². The molecule has 1 aromatic rings. The van der Waals surface area contributed by atoms with Crippen molar-refractivity contribution < 1.29 is 9.90 Å². The first-order valence-corrected chi connectivity index (χ1v) is 9.81. The molecular weight excluding hydrogens is 328 g/mol. The van der Waals surface area contributed by atoms with Gasteiger partial charge in [-0.3, -0.25) is 4.79 Å². The van der Waals surface area contributed by atoms with Crippen molar-refractivity contribution in [3.63, 3.8) is 0 Å². The molecule has 0 saturated carbocycles. The second-order valence-corrected chi connectivity index (χ2v) is 6.61. The highest BCUT2D eigenvalue weighted by Gasteiger charge is 2.21. The molecule has 1 atom stereocenters. The molecule has 0 saturated heterocycles. The van der Waals surface area contributed by atoms with Crippen LogP contribution < -0.4 is 5.56 Å². The van der Waals surface area contributed by atoms with Crippen LogP contribution in [0.5, 0.6) is 0 Å². The van der Waals surface area contributed by atoms with Gasteiger partial charge in [0, 0.05) is 18.8 Å². The maximum absolute atomic E-state index is 12.2. The van der Waals surface area contributed by atoms with Gasteiger partial charge >= 0.3 is 5.97 Å². The molecule has 0 bridgehead atoms. The monoisotopic (exact) mass is 368 g/mol. The first kappa shape index (κ1) is 26.6. The summed E-state index contributed by atoms with van der Waals surface area (Å²) in [5.41, 5.74) is 1.72. The highest BCUT2D eigenvalue weighted by atomic mass is 16.4. The topological polar surface area (TPSA) is 62.5 Å². The number of carboxylic acid groups (broad SMARTS) is 1. The van der Waals surface area contributed by atoms with E-state index in [1.807, 2.05) is 48.7 Å². The Morgan fingerprint density at radius 3 is 2.12 bits per heavy atom. The van der Waals surface area contributed by atoms with Gasteiger partial charge in [0.05, 0.1) is 0 Å². The summed E-state index contributed by atoms with van der Waals surface area (Å²) in [5.74, 6) is -0.527. The predicted octanol–water partition coefficient (Wildman–Crippen LogP) is 4.38. The van der Waals surface area contributed by atoms with Gasteiger partial charge in [-0.25, -0.2) is 4.79 Å². The summed E-state index contributed by atoms with van der Waals surface area (Å²) in [6.45, 7) is 14.9. The maximum Gasteiger partial charge on any atom is 0.326 e. The second-order valence-electron chi connectivity index (χ2n) is 6.61. The normalized spacial score (nSPS) is 11.3. The second kappa shape index (κ2) is 14.5. The minimum absolute atomic E-state index is 0.234. The van der Waals surface area contributed by atoms with E-state index in [1.54, 1.807) is 12.3 Å². The molecule has 0 amide bonds. The highest BCUT2D eigenvalue weighted by Crippen LogP contribution is 2.18. The van der Waals surface area contributed by atoms with Crippen LogP contribution in [0.1, 0.15) is 71.6 Å². The van der Waals surface area contributed by atoms with E-state index in [9.17, 15) is 14.7 Å². The number of aliphatic carboxylic acids is 1. The van der Waals surface area contributed by atoms with Gasteiger partial charge in [0.2, 0.25) is 0 Å². The quantitative estimate of drug-likeness (QED) is 0.740. The number of hydrogen-bond acceptors (Lipinski definition) is 3. The molecule has 0 aliphatic carbocycles. The molecule has 152 valence electrons. The summed E-state index contributed by atoms with van der Waals surface area (Å²) >= 11 is 0. The molecule has 26 heavy (non-hydrogen) atoms. The van der Waals surface area contributed by atoms with Gasteiger partial charge < -0.3 is 14.6 Å².